The first-order chi connectivity index (χ1) is 19.9. The SMILES string of the molecule is c1ccc(-c2c3ccccc3c(-c3ccc4c5cccc6cccc(c7cccc3c74)c65)c3cccnc23)cc1. The Kier molecular flexibility index (Phi) is 4.39. The minimum atomic E-state index is 1.04. The molecule has 0 atom stereocenters. The molecular formula is C39H23N. The highest BCUT2D eigenvalue weighted by molar-refractivity contribution is 6.35. The van der Waals surface area contributed by atoms with Crippen molar-refractivity contribution in [3.8, 4) is 22.3 Å². The van der Waals surface area contributed by atoms with Crippen molar-refractivity contribution in [1.29, 1.82) is 0 Å². The van der Waals surface area contributed by atoms with Crippen LogP contribution in [0.3, 0.4) is 0 Å². The van der Waals surface area contributed by atoms with Crippen molar-refractivity contribution >= 4 is 64.8 Å². The van der Waals surface area contributed by atoms with Gasteiger partial charge in [-0.1, -0.05) is 127 Å². The van der Waals surface area contributed by atoms with Gasteiger partial charge in [0.15, 0.2) is 0 Å². The summed E-state index contributed by atoms with van der Waals surface area (Å²) < 4.78 is 0. The number of pyridine rings is 1. The fourth-order valence-electron chi connectivity index (χ4n) is 7.05. The van der Waals surface area contributed by atoms with E-state index in [1.165, 1.54) is 81.5 Å². The average Bonchev–Trinajstić information content (AvgIpc) is 3.02. The molecule has 0 unspecified atom stereocenters. The predicted molar refractivity (Wildman–Crippen MR) is 171 cm³/mol. The highest BCUT2D eigenvalue weighted by atomic mass is 14.7. The molecule has 184 valence electrons. The van der Waals surface area contributed by atoms with E-state index in [0.29, 0.717) is 0 Å². The van der Waals surface area contributed by atoms with Crippen LogP contribution in [0.1, 0.15) is 0 Å². The number of hydrogen-bond acceptors (Lipinski definition) is 1. The molecule has 0 bridgehead atoms. The summed E-state index contributed by atoms with van der Waals surface area (Å²) >= 11 is 0. The molecule has 0 fully saturated rings. The van der Waals surface area contributed by atoms with E-state index in [1.807, 2.05) is 6.20 Å². The number of nitrogens with zero attached hydrogens (tertiary/aromatic N) is 1. The van der Waals surface area contributed by atoms with Gasteiger partial charge in [-0.05, 0) is 76.6 Å². The third-order valence-electron chi connectivity index (χ3n) is 8.64. The fraction of sp³-hybridized carbons (Fsp3) is 0. The molecule has 0 aliphatic rings. The molecule has 0 aliphatic carbocycles. The lowest BCUT2D eigenvalue weighted by molar-refractivity contribution is 1.42. The smallest absolute Gasteiger partial charge is 0.0792 e. The van der Waals surface area contributed by atoms with Gasteiger partial charge in [-0.2, -0.15) is 0 Å². The quantitative estimate of drug-likeness (QED) is 0.168. The molecule has 0 amide bonds. The molecule has 1 aromatic heterocycles. The van der Waals surface area contributed by atoms with Crippen molar-refractivity contribution in [3.05, 3.63) is 140 Å². The van der Waals surface area contributed by atoms with Crippen molar-refractivity contribution in [2.45, 2.75) is 0 Å². The second-order valence-corrected chi connectivity index (χ2v) is 10.7. The van der Waals surface area contributed by atoms with Gasteiger partial charge in [-0.3, -0.25) is 4.98 Å². The van der Waals surface area contributed by atoms with Crippen molar-refractivity contribution in [2.24, 2.45) is 0 Å². The van der Waals surface area contributed by atoms with Crippen LogP contribution in [0.15, 0.2) is 140 Å². The third-order valence-corrected chi connectivity index (χ3v) is 8.64. The van der Waals surface area contributed by atoms with E-state index in [4.69, 9.17) is 4.98 Å². The summed E-state index contributed by atoms with van der Waals surface area (Å²) in [4.78, 5) is 4.99. The Morgan fingerprint density at radius 3 is 1.70 bits per heavy atom. The molecule has 9 rings (SSSR count). The van der Waals surface area contributed by atoms with Crippen LogP contribution in [0, 0.1) is 0 Å². The van der Waals surface area contributed by atoms with E-state index in [0.717, 1.165) is 5.52 Å². The Hall–Kier alpha value is -5.27. The van der Waals surface area contributed by atoms with Gasteiger partial charge in [-0.25, -0.2) is 0 Å². The molecule has 1 heterocycles. The zero-order valence-electron chi connectivity index (χ0n) is 21.7. The van der Waals surface area contributed by atoms with Gasteiger partial charge >= 0.3 is 0 Å². The van der Waals surface area contributed by atoms with Crippen LogP contribution in [-0.4, -0.2) is 4.98 Å². The van der Waals surface area contributed by atoms with Crippen LogP contribution >= 0.6 is 0 Å². The maximum absolute atomic E-state index is 4.99. The lowest BCUT2D eigenvalue weighted by Crippen LogP contribution is -1.94. The molecular weight excluding hydrogens is 482 g/mol. The van der Waals surface area contributed by atoms with Gasteiger partial charge in [-0.15, -0.1) is 0 Å². The number of rotatable bonds is 2. The minimum Gasteiger partial charge on any atom is -0.256 e. The molecule has 0 saturated heterocycles. The molecule has 8 aromatic carbocycles. The number of fused-ring (bicyclic) bond motifs is 4. The van der Waals surface area contributed by atoms with Crippen LogP contribution in [0.4, 0.5) is 0 Å². The molecule has 40 heavy (non-hydrogen) atoms. The lowest BCUT2D eigenvalue weighted by Gasteiger charge is -2.20. The van der Waals surface area contributed by atoms with Crippen LogP contribution in [0.25, 0.3) is 87.0 Å². The Morgan fingerprint density at radius 2 is 0.925 bits per heavy atom. The highest BCUT2D eigenvalue weighted by Gasteiger charge is 2.20. The summed E-state index contributed by atoms with van der Waals surface area (Å²) in [5.41, 5.74) is 5.92. The van der Waals surface area contributed by atoms with E-state index in [1.54, 1.807) is 0 Å². The van der Waals surface area contributed by atoms with E-state index < -0.39 is 0 Å². The molecule has 0 saturated carbocycles. The van der Waals surface area contributed by atoms with Crippen molar-refractivity contribution in [2.75, 3.05) is 0 Å². The zero-order chi connectivity index (χ0) is 26.2. The maximum atomic E-state index is 4.99. The van der Waals surface area contributed by atoms with Gasteiger partial charge in [0.25, 0.3) is 0 Å². The first-order valence-electron chi connectivity index (χ1n) is 13.8. The van der Waals surface area contributed by atoms with Crippen molar-refractivity contribution < 1.29 is 0 Å². The summed E-state index contributed by atoms with van der Waals surface area (Å²) in [5.74, 6) is 0. The van der Waals surface area contributed by atoms with Crippen LogP contribution in [0.2, 0.25) is 0 Å². The third kappa shape index (κ3) is 2.84. The maximum Gasteiger partial charge on any atom is 0.0792 e. The largest absolute Gasteiger partial charge is 0.256 e. The Morgan fingerprint density at radius 1 is 0.350 bits per heavy atom. The van der Waals surface area contributed by atoms with E-state index in [2.05, 4.69) is 133 Å². The molecule has 0 N–H and O–H groups in total. The van der Waals surface area contributed by atoms with Gasteiger partial charge in [0.05, 0.1) is 5.52 Å². The predicted octanol–water partition coefficient (Wildman–Crippen LogP) is 10.8. The van der Waals surface area contributed by atoms with Gasteiger partial charge in [0.2, 0.25) is 0 Å². The summed E-state index contributed by atoms with van der Waals surface area (Å²) in [6.45, 7) is 0. The first-order valence-corrected chi connectivity index (χ1v) is 13.8. The summed E-state index contributed by atoms with van der Waals surface area (Å²) in [5, 5.41) is 14.2. The molecule has 1 heteroatoms. The number of aromatic nitrogens is 1. The topological polar surface area (TPSA) is 12.9 Å². The monoisotopic (exact) mass is 505 g/mol. The minimum absolute atomic E-state index is 1.04. The number of benzene rings is 8. The average molecular weight is 506 g/mol. The Labute approximate surface area is 231 Å². The second-order valence-electron chi connectivity index (χ2n) is 10.7. The van der Waals surface area contributed by atoms with Crippen LogP contribution < -0.4 is 0 Å². The lowest BCUT2D eigenvalue weighted by atomic mass is 9.84. The first kappa shape index (κ1) is 21.6. The zero-order valence-corrected chi connectivity index (χ0v) is 21.7. The van der Waals surface area contributed by atoms with Gasteiger partial charge < -0.3 is 0 Å². The van der Waals surface area contributed by atoms with Crippen molar-refractivity contribution in [1.82, 2.24) is 4.98 Å². The van der Waals surface area contributed by atoms with E-state index >= 15 is 0 Å². The van der Waals surface area contributed by atoms with E-state index in [-0.39, 0.29) is 0 Å². The second kappa shape index (κ2) is 8.11. The summed E-state index contributed by atoms with van der Waals surface area (Å²) in [7, 11) is 0. The molecule has 1 nitrogen and oxygen atoms in total. The standard InChI is InChI=1S/C39H23N/c1-2-10-25(11-3-1)36-28-14-4-5-15-29(28)38(34-20-9-23-40-39(34)36)33-22-21-32-27-17-7-13-24-12-6-16-26(35(24)27)30-18-8-19-31(33)37(30)32/h1-23H. The Balaban J connectivity index is 1.49. The fourth-order valence-corrected chi connectivity index (χ4v) is 7.05. The Bertz CT molecular complexity index is 2310. The highest BCUT2D eigenvalue weighted by Crippen LogP contribution is 2.47. The summed E-state index contributed by atoms with van der Waals surface area (Å²) in [6, 6.07) is 48.7. The normalized spacial score (nSPS) is 12.0. The number of hydrogen-bond donors (Lipinski definition) is 0. The van der Waals surface area contributed by atoms with E-state index in [9.17, 15) is 0 Å². The van der Waals surface area contributed by atoms with Gasteiger partial charge in [0.1, 0.15) is 0 Å². The summed E-state index contributed by atoms with van der Waals surface area (Å²) in [6.07, 6.45) is 1.92. The molecule has 0 radical (unpaired) electrons. The molecule has 0 aliphatic heterocycles. The molecule has 9 aromatic rings. The molecule has 0 spiro atoms. The van der Waals surface area contributed by atoms with Gasteiger partial charge in [0, 0.05) is 17.1 Å². The van der Waals surface area contributed by atoms with Crippen LogP contribution in [-0.2, 0) is 0 Å². The van der Waals surface area contributed by atoms with Crippen LogP contribution in [0.5, 0.6) is 0 Å². The van der Waals surface area contributed by atoms with Crippen molar-refractivity contribution in [3.63, 3.8) is 0 Å².